The summed E-state index contributed by atoms with van der Waals surface area (Å²) < 4.78 is 0. The number of H-pyrrole nitrogens is 2. The molecule has 2 N–H and O–H groups in total. The van der Waals surface area contributed by atoms with Crippen molar-refractivity contribution in [3.8, 4) is 11.1 Å². The minimum Gasteiger partial charge on any atom is -0.361 e. The molecule has 0 amide bonds. The Bertz CT molecular complexity index is 1040. The van der Waals surface area contributed by atoms with Crippen LogP contribution in [0, 0.1) is 0 Å². The monoisotopic (exact) mass is 432 g/mol. The van der Waals surface area contributed by atoms with Gasteiger partial charge in [-0.25, -0.2) is 0 Å². The van der Waals surface area contributed by atoms with Gasteiger partial charge < -0.3 is 9.97 Å². The highest BCUT2D eigenvalue weighted by molar-refractivity contribution is 7.71. The predicted octanol–water partition coefficient (Wildman–Crippen LogP) is 6.32. The van der Waals surface area contributed by atoms with Crippen LogP contribution in [0.15, 0.2) is 79.1 Å². The highest BCUT2D eigenvalue weighted by Crippen LogP contribution is 2.44. The van der Waals surface area contributed by atoms with Crippen LogP contribution in [0.25, 0.3) is 11.1 Å². The average molecular weight is 432 g/mol. The topological polar surface area (TPSA) is 31.6 Å². The van der Waals surface area contributed by atoms with Gasteiger partial charge in [0.1, 0.15) is 0 Å². The van der Waals surface area contributed by atoms with Crippen LogP contribution in [0.1, 0.15) is 37.5 Å². The molecule has 4 aromatic rings. The highest BCUT2D eigenvalue weighted by atomic mass is 31.1. The van der Waals surface area contributed by atoms with Gasteiger partial charge in [0.2, 0.25) is 0 Å². The second kappa shape index (κ2) is 8.93. The molecule has 0 saturated carbocycles. The number of benzene rings is 2. The van der Waals surface area contributed by atoms with E-state index in [9.17, 15) is 0 Å². The summed E-state index contributed by atoms with van der Waals surface area (Å²) in [6, 6.07) is 24.1. The highest BCUT2D eigenvalue weighted by Gasteiger charge is 2.27. The fraction of sp³-hybridized carbons (Fsp3) is 0.231. The van der Waals surface area contributed by atoms with Crippen molar-refractivity contribution in [2.45, 2.75) is 38.5 Å². The zero-order valence-electron chi connectivity index (χ0n) is 17.9. The third-order valence-corrected chi connectivity index (χ3v) is 8.32. The molecular formula is C26H30N2P2. The van der Waals surface area contributed by atoms with E-state index in [-0.39, 0.29) is 5.41 Å². The van der Waals surface area contributed by atoms with Crippen LogP contribution in [0.2, 0.25) is 0 Å². The standard InChI is InChI=1S/C26H30N2P2/c1-26(2,3)25-21(19-9-5-4-6-10-19)14-13-20(17-29)22(25)18-30(23-11-7-15-27-23)24-12-8-16-28-24/h4-16,27-28H,17-18,29H2,1-3H3. The molecule has 154 valence electrons. The van der Waals surface area contributed by atoms with Gasteiger partial charge in [0.25, 0.3) is 0 Å². The molecule has 0 radical (unpaired) electrons. The Morgan fingerprint density at radius 1 is 0.800 bits per heavy atom. The van der Waals surface area contributed by atoms with Gasteiger partial charge in [0, 0.05) is 29.4 Å². The van der Waals surface area contributed by atoms with Crippen molar-refractivity contribution in [1.82, 2.24) is 9.97 Å². The lowest BCUT2D eigenvalue weighted by Crippen LogP contribution is -2.20. The zero-order valence-corrected chi connectivity index (χ0v) is 20.0. The lowest BCUT2D eigenvalue weighted by molar-refractivity contribution is 0.586. The zero-order chi connectivity index (χ0) is 21.1. The molecule has 30 heavy (non-hydrogen) atoms. The van der Waals surface area contributed by atoms with E-state index in [1.54, 1.807) is 0 Å². The minimum atomic E-state index is -0.540. The number of hydrogen-bond donors (Lipinski definition) is 2. The fourth-order valence-electron chi connectivity index (χ4n) is 4.21. The van der Waals surface area contributed by atoms with Gasteiger partial charge in [-0.3, -0.25) is 0 Å². The Hall–Kier alpha value is -2.14. The quantitative estimate of drug-likeness (QED) is 0.335. The molecule has 1 atom stereocenters. The molecule has 0 aliphatic rings. The van der Waals surface area contributed by atoms with Crippen molar-refractivity contribution in [2.75, 3.05) is 0 Å². The third-order valence-electron chi connectivity index (χ3n) is 5.53. The number of hydrogen-bond acceptors (Lipinski definition) is 0. The van der Waals surface area contributed by atoms with Crippen LogP contribution in [0.4, 0.5) is 0 Å². The van der Waals surface area contributed by atoms with Gasteiger partial charge in [-0.15, -0.1) is 9.24 Å². The maximum atomic E-state index is 3.49. The maximum absolute atomic E-state index is 3.49. The van der Waals surface area contributed by atoms with Crippen molar-refractivity contribution in [1.29, 1.82) is 0 Å². The number of aromatic nitrogens is 2. The van der Waals surface area contributed by atoms with Crippen molar-refractivity contribution < 1.29 is 0 Å². The fourth-order valence-corrected chi connectivity index (χ4v) is 6.87. The summed E-state index contributed by atoms with van der Waals surface area (Å²) in [5.74, 6) is 0. The van der Waals surface area contributed by atoms with Gasteiger partial charge in [-0.2, -0.15) is 0 Å². The molecule has 2 nitrogen and oxygen atoms in total. The van der Waals surface area contributed by atoms with E-state index in [0.29, 0.717) is 0 Å². The molecule has 2 aromatic heterocycles. The molecule has 1 unspecified atom stereocenters. The summed E-state index contributed by atoms with van der Waals surface area (Å²) in [6.07, 6.45) is 6.06. The van der Waals surface area contributed by atoms with E-state index in [4.69, 9.17) is 0 Å². The molecular weight excluding hydrogens is 402 g/mol. The lowest BCUT2D eigenvalue weighted by Gasteiger charge is -2.30. The average Bonchev–Trinajstić information content (AvgIpc) is 3.45. The van der Waals surface area contributed by atoms with Gasteiger partial charge >= 0.3 is 0 Å². The van der Waals surface area contributed by atoms with E-state index in [1.807, 2.05) is 12.4 Å². The SMILES string of the molecule is CC(C)(C)c1c(-c2ccccc2)ccc(CP)c1CP(c1ccc[nH]1)c1ccc[nH]1. The third kappa shape index (κ3) is 4.31. The van der Waals surface area contributed by atoms with E-state index in [2.05, 4.69) is 107 Å². The van der Waals surface area contributed by atoms with Gasteiger partial charge in [0.15, 0.2) is 0 Å². The van der Waals surface area contributed by atoms with E-state index in [0.717, 1.165) is 12.3 Å². The van der Waals surface area contributed by atoms with E-state index >= 15 is 0 Å². The molecule has 4 rings (SSSR count). The van der Waals surface area contributed by atoms with Crippen LogP contribution in [0.3, 0.4) is 0 Å². The second-order valence-corrected chi connectivity index (χ2v) is 11.2. The van der Waals surface area contributed by atoms with E-state index in [1.165, 1.54) is 38.7 Å². The summed E-state index contributed by atoms with van der Waals surface area (Å²) in [5.41, 5.74) is 9.71. The van der Waals surface area contributed by atoms with Crippen molar-refractivity contribution in [3.63, 3.8) is 0 Å². The number of rotatable bonds is 6. The Morgan fingerprint density at radius 2 is 1.43 bits per heavy atom. The van der Waals surface area contributed by atoms with Crippen LogP contribution in [0.5, 0.6) is 0 Å². The molecule has 0 spiro atoms. The smallest absolute Gasteiger partial charge is 0.0448 e. The number of aromatic amines is 2. The minimum absolute atomic E-state index is 0.0445. The first-order valence-electron chi connectivity index (χ1n) is 10.4. The predicted molar refractivity (Wildman–Crippen MR) is 135 cm³/mol. The molecule has 2 aromatic carbocycles. The van der Waals surface area contributed by atoms with Gasteiger partial charge in [0.05, 0.1) is 0 Å². The Morgan fingerprint density at radius 3 is 1.93 bits per heavy atom. The summed E-state index contributed by atoms with van der Waals surface area (Å²) in [4.78, 5) is 6.98. The maximum Gasteiger partial charge on any atom is 0.0448 e. The molecule has 0 saturated heterocycles. The first-order valence-corrected chi connectivity index (χ1v) is 12.8. The normalized spacial score (nSPS) is 11.9. The molecule has 0 aliphatic carbocycles. The van der Waals surface area contributed by atoms with Gasteiger partial charge in [-0.05, 0) is 71.6 Å². The van der Waals surface area contributed by atoms with Crippen molar-refractivity contribution >= 4 is 28.0 Å². The van der Waals surface area contributed by atoms with Crippen molar-refractivity contribution in [2.24, 2.45) is 0 Å². The second-order valence-electron chi connectivity index (χ2n) is 8.64. The summed E-state index contributed by atoms with van der Waals surface area (Å²) >= 11 is 0. The van der Waals surface area contributed by atoms with Crippen LogP contribution < -0.4 is 10.9 Å². The van der Waals surface area contributed by atoms with Crippen LogP contribution in [-0.4, -0.2) is 9.97 Å². The molecule has 4 heteroatoms. The summed E-state index contributed by atoms with van der Waals surface area (Å²) in [5, 5.41) is 0. The Balaban J connectivity index is 1.91. The Kier molecular flexibility index (Phi) is 6.28. The first-order chi connectivity index (χ1) is 14.5. The largest absolute Gasteiger partial charge is 0.361 e. The number of nitrogens with one attached hydrogen (secondary N) is 2. The lowest BCUT2D eigenvalue weighted by atomic mass is 9.78. The molecule has 0 aliphatic heterocycles. The van der Waals surface area contributed by atoms with E-state index < -0.39 is 7.92 Å². The summed E-state index contributed by atoms with van der Waals surface area (Å²) in [7, 11) is 2.40. The molecule has 0 bridgehead atoms. The first kappa shape index (κ1) is 21.1. The van der Waals surface area contributed by atoms with Crippen molar-refractivity contribution in [3.05, 3.63) is 95.8 Å². The molecule has 2 heterocycles. The summed E-state index contributed by atoms with van der Waals surface area (Å²) in [6.45, 7) is 7.03. The van der Waals surface area contributed by atoms with Gasteiger partial charge in [-0.1, -0.05) is 63.2 Å². The molecule has 0 fully saturated rings. The van der Waals surface area contributed by atoms with Crippen LogP contribution >= 0.6 is 17.2 Å². The Labute approximate surface area is 183 Å². The van der Waals surface area contributed by atoms with Crippen LogP contribution in [-0.2, 0) is 17.7 Å².